The topological polar surface area (TPSA) is 47.6 Å². The molecule has 15 heavy (non-hydrogen) atoms. The molecule has 0 radical (unpaired) electrons. The van der Waals surface area contributed by atoms with Crippen LogP contribution < -0.4 is 10.5 Å². The highest BCUT2D eigenvalue weighted by atomic mass is 79.9. The van der Waals surface area contributed by atoms with E-state index in [0.29, 0.717) is 12.4 Å². The summed E-state index contributed by atoms with van der Waals surface area (Å²) in [6.45, 7) is 4.37. The van der Waals surface area contributed by atoms with Gasteiger partial charge in [0.15, 0.2) is 0 Å². The van der Waals surface area contributed by atoms with Crippen LogP contribution in [0.3, 0.4) is 0 Å². The summed E-state index contributed by atoms with van der Waals surface area (Å²) in [5.74, 6) is 1.47. The number of rotatable bonds is 1. The van der Waals surface area contributed by atoms with Crippen molar-refractivity contribution in [2.75, 3.05) is 6.61 Å². The van der Waals surface area contributed by atoms with Crippen molar-refractivity contribution in [3.8, 4) is 5.75 Å². The molecule has 4 heteroatoms. The van der Waals surface area contributed by atoms with Crippen molar-refractivity contribution in [1.29, 1.82) is 0 Å². The van der Waals surface area contributed by atoms with E-state index >= 15 is 0 Å². The number of fused-ring (bicyclic) bond motifs is 1. The van der Waals surface area contributed by atoms with Crippen molar-refractivity contribution in [2.45, 2.75) is 19.4 Å². The van der Waals surface area contributed by atoms with Gasteiger partial charge in [-0.25, -0.2) is 0 Å². The second-order valence-corrected chi connectivity index (χ2v) is 4.87. The molecule has 2 N–H and O–H groups in total. The molecule has 80 valence electrons. The highest BCUT2D eigenvalue weighted by Crippen LogP contribution is 2.40. The lowest BCUT2D eigenvalue weighted by Gasteiger charge is -2.17. The van der Waals surface area contributed by atoms with E-state index in [2.05, 4.69) is 20.9 Å². The Morgan fingerprint density at radius 2 is 2.33 bits per heavy atom. The first-order chi connectivity index (χ1) is 7.01. The van der Waals surface area contributed by atoms with Crippen molar-refractivity contribution in [3.05, 3.63) is 28.2 Å². The Morgan fingerprint density at radius 1 is 1.60 bits per heavy atom. The van der Waals surface area contributed by atoms with E-state index in [1.165, 1.54) is 0 Å². The van der Waals surface area contributed by atoms with E-state index in [4.69, 9.17) is 10.5 Å². The molecule has 0 amide bonds. The maximum Gasteiger partial charge on any atom is 0.125 e. The van der Waals surface area contributed by atoms with Gasteiger partial charge < -0.3 is 10.5 Å². The lowest BCUT2D eigenvalue weighted by molar-refractivity contribution is 0.284. The van der Waals surface area contributed by atoms with E-state index in [9.17, 15) is 0 Å². The maximum atomic E-state index is 5.64. The molecule has 1 aromatic rings. The molecular formula is C11H13BrN2O. The lowest BCUT2D eigenvalue weighted by atomic mass is 9.95. The van der Waals surface area contributed by atoms with E-state index in [1.54, 1.807) is 6.92 Å². The van der Waals surface area contributed by atoms with Crippen LogP contribution in [-0.2, 0) is 5.54 Å². The number of halogens is 1. The van der Waals surface area contributed by atoms with Gasteiger partial charge in [0.05, 0.1) is 5.84 Å². The van der Waals surface area contributed by atoms with Crippen molar-refractivity contribution in [3.63, 3.8) is 0 Å². The van der Waals surface area contributed by atoms with Crippen LogP contribution in [0.25, 0.3) is 0 Å². The van der Waals surface area contributed by atoms with Gasteiger partial charge >= 0.3 is 0 Å². The Kier molecular flexibility index (Phi) is 2.46. The van der Waals surface area contributed by atoms with Gasteiger partial charge in [0.25, 0.3) is 0 Å². The van der Waals surface area contributed by atoms with Crippen LogP contribution in [0.1, 0.15) is 19.4 Å². The van der Waals surface area contributed by atoms with E-state index < -0.39 is 0 Å². The molecule has 0 aromatic heterocycles. The summed E-state index contributed by atoms with van der Waals surface area (Å²) in [5.41, 5.74) is 6.37. The zero-order valence-corrected chi connectivity index (χ0v) is 10.3. The molecule has 1 aromatic carbocycles. The first-order valence-corrected chi connectivity index (χ1v) is 5.55. The first-order valence-electron chi connectivity index (χ1n) is 4.76. The molecule has 0 saturated heterocycles. The number of aliphatic imine (C=N–C) groups is 1. The number of amidine groups is 1. The predicted octanol–water partition coefficient (Wildman–Crippen LogP) is 2.43. The maximum absolute atomic E-state index is 5.64. The molecule has 1 heterocycles. The fourth-order valence-electron chi connectivity index (χ4n) is 1.83. The number of benzene rings is 1. The summed E-state index contributed by atoms with van der Waals surface area (Å²) < 4.78 is 6.62. The first kappa shape index (κ1) is 10.5. The van der Waals surface area contributed by atoms with Crippen LogP contribution in [0.15, 0.2) is 27.7 Å². The minimum Gasteiger partial charge on any atom is -0.490 e. The minimum atomic E-state index is -0.349. The summed E-state index contributed by atoms with van der Waals surface area (Å²) in [7, 11) is 0. The van der Waals surface area contributed by atoms with E-state index in [-0.39, 0.29) is 5.54 Å². The highest BCUT2D eigenvalue weighted by molar-refractivity contribution is 9.10. The minimum absolute atomic E-state index is 0.349. The Morgan fingerprint density at radius 3 is 3.00 bits per heavy atom. The highest BCUT2D eigenvalue weighted by Gasteiger charge is 2.36. The van der Waals surface area contributed by atoms with Crippen LogP contribution in [0.5, 0.6) is 5.75 Å². The van der Waals surface area contributed by atoms with Crippen LogP contribution in [-0.4, -0.2) is 12.4 Å². The summed E-state index contributed by atoms with van der Waals surface area (Å²) in [6.07, 6.45) is 0. The molecule has 1 aliphatic heterocycles. The van der Waals surface area contributed by atoms with Crippen LogP contribution in [0.2, 0.25) is 0 Å². The zero-order valence-electron chi connectivity index (χ0n) is 8.75. The van der Waals surface area contributed by atoms with Gasteiger partial charge in [-0.3, -0.25) is 4.99 Å². The average molecular weight is 269 g/mol. The van der Waals surface area contributed by atoms with Gasteiger partial charge in [-0.2, -0.15) is 0 Å². The second kappa shape index (κ2) is 3.52. The van der Waals surface area contributed by atoms with Gasteiger partial charge in [-0.05, 0) is 32.0 Å². The Bertz CT molecular complexity index is 427. The van der Waals surface area contributed by atoms with E-state index in [1.807, 2.05) is 25.1 Å². The Balaban J connectivity index is 2.51. The number of hydrogen-bond acceptors (Lipinski definition) is 2. The zero-order chi connectivity index (χ0) is 11.1. The van der Waals surface area contributed by atoms with Crippen molar-refractivity contribution in [2.24, 2.45) is 10.7 Å². The van der Waals surface area contributed by atoms with Crippen LogP contribution >= 0.6 is 15.9 Å². The molecule has 0 bridgehead atoms. The third-order valence-corrected chi connectivity index (χ3v) is 2.95. The normalized spacial score (nSPS) is 24.9. The quantitative estimate of drug-likeness (QED) is 0.628. The molecule has 0 spiro atoms. The number of ether oxygens (including phenoxy) is 1. The Labute approximate surface area is 97.5 Å². The molecule has 0 saturated carbocycles. The van der Waals surface area contributed by atoms with Gasteiger partial charge in [-0.1, -0.05) is 15.9 Å². The summed E-state index contributed by atoms with van der Waals surface area (Å²) in [6, 6.07) is 5.95. The molecular weight excluding hydrogens is 256 g/mol. The molecule has 0 fully saturated rings. The molecule has 1 atom stereocenters. The van der Waals surface area contributed by atoms with Crippen LogP contribution in [0, 0.1) is 0 Å². The summed E-state index contributed by atoms with van der Waals surface area (Å²) >= 11 is 3.45. The van der Waals surface area contributed by atoms with Gasteiger partial charge in [-0.15, -0.1) is 0 Å². The van der Waals surface area contributed by atoms with Gasteiger partial charge in [0.2, 0.25) is 0 Å². The molecule has 2 rings (SSSR count). The fraction of sp³-hybridized carbons (Fsp3) is 0.364. The van der Waals surface area contributed by atoms with Crippen LogP contribution in [0.4, 0.5) is 0 Å². The molecule has 0 aliphatic carbocycles. The Hall–Kier alpha value is -1.03. The number of nitrogens with zero attached hydrogens (tertiary/aromatic N) is 1. The predicted molar refractivity (Wildman–Crippen MR) is 64.3 cm³/mol. The summed E-state index contributed by atoms with van der Waals surface area (Å²) in [4.78, 5) is 4.44. The molecule has 1 aliphatic rings. The van der Waals surface area contributed by atoms with Gasteiger partial charge in [0.1, 0.15) is 17.9 Å². The molecule has 1 unspecified atom stereocenters. The molecule has 3 nitrogen and oxygen atoms in total. The fourth-order valence-corrected chi connectivity index (χ4v) is 2.19. The number of hydrogen-bond donors (Lipinski definition) is 1. The smallest absolute Gasteiger partial charge is 0.125 e. The van der Waals surface area contributed by atoms with Crippen molar-refractivity contribution < 1.29 is 4.74 Å². The lowest BCUT2D eigenvalue weighted by Crippen LogP contribution is -2.24. The SMILES string of the molecule is CC(N)=NC1(C)COc2ccc(Br)cc21. The third kappa shape index (κ3) is 1.86. The third-order valence-electron chi connectivity index (χ3n) is 2.45. The average Bonchev–Trinajstić information content (AvgIpc) is 2.43. The summed E-state index contributed by atoms with van der Waals surface area (Å²) in [5, 5.41) is 0. The van der Waals surface area contributed by atoms with Gasteiger partial charge in [0, 0.05) is 10.0 Å². The second-order valence-electron chi connectivity index (χ2n) is 3.96. The van der Waals surface area contributed by atoms with Crippen molar-refractivity contribution in [1.82, 2.24) is 0 Å². The number of nitrogens with two attached hydrogens (primary N) is 1. The standard InChI is InChI=1S/C11H13BrN2O/c1-7(13)14-11(2)6-15-10-4-3-8(12)5-9(10)11/h3-5H,6H2,1-2H3,(H2,13,14). The van der Waals surface area contributed by atoms with E-state index in [0.717, 1.165) is 15.8 Å². The van der Waals surface area contributed by atoms with Crippen molar-refractivity contribution >= 4 is 21.8 Å². The largest absolute Gasteiger partial charge is 0.490 e. The monoisotopic (exact) mass is 268 g/mol.